The molecule has 0 unspecified atom stereocenters. The molecule has 2 heterocycles. The highest BCUT2D eigenvalue weighted by Gasteiger charge is 2.35. The van der Waals surface area contributed by atoms with Gasteiger partial charge in [-0.2, -0.15) is 0 Å². The van der Waals surface area contributed by atoms with Crippen molar-refractivity contribution in [2.45, 2.75) is 44.7 Å². The van der Waals surface area contributed by atoms with Gasteiger partial charge in [0.25, 0.3) is 5.91 Å². The van der Waals surface area contributed by atoms with Crippen molar-refractivity contribution in [3.05, 3.63) is 105 Å². The molecule has 0 radical (unpaired) electrons. The minimum absolute atomic E-state index is 0.0345. The second-order valence-electron chi connectivity index (χ2n) is 11.6. The van der Waals surface area contributed by atoms with Crippen LogP contribution in [0.2, 0.25) is 10.0 Å². The van der Waals surface area contributed by atoms with E-state index in [0.717, 1.165) is 5.56 Å². The Hall–Kier alpha value is -4.54. The number of carbonyl (C=O) groups excluding carboxylic acids is 5. The zero-order valence-electron chi connectivity index (χ0n) is 25.3. The van der Waals surface area contributed by atoms with Crippen molar-refractivity contribution in [2.24, 2.45) is 11.8 Å². The number of aromatic amines is 1. The number of piperidine rings is 1. The van der Waals surface area contributed by atoms with Crippen LogP contribution >= 0.6 is 23.2 Å². The van der Waals surface area contributed by atoms with Crippen molar-refractivity contribution < 1.29 is 28.4 Å². The lowest BCUT2D eigenvalue weighted by Crippen LogP contribution is -2.51. The molecule has 244 valence electrons. The number of carbonyl (C=O) groups is 5. The van der Waals surface area contributed by atoms with E-state index < -0.39 is 47.1 Å². The van der Waals surface area contributed by atoms with Gasteiger partial charge in [-0.1, -0.05) is 65.7 Å². The minimum atomic E-state index is -1.34. The summed E-state index contributed by atoms with van der Waals surface area (Å²) in [6, 6.07) is 18.1. The van der Waals surface area contributed by atoms with Gasteiger partial charge >= 0.3 is 0 Å². The maximum atomic E-state index is 14.1. The lowest BCUT2D eigenvalue weighted by atomic mass is 9.88. The molecule has 0 spiro atoms. The summed E-state index contributed by atoms with van der Waals surface area (Å²) < 4.78 is 14.1. The van der Waals surface area contributed by atoms with Crippen LogP contribution in [0.25, 0.3) is 10.9 Å². The van der Waals surface area contributed by atoms with Crippen LogP contribution in [-0.4, -0.2) is 46.9 Å². The highest BCUT2D eigenvalue weighted by molar-refractivity contribution is 6.39. The monoisotopic (exact) mass is 678 g/mol. The summed E-state index contributed by atoms with van der Waals surface area (Å²) in [6.45, 7) is 0.591. The quantitative estimate of drug-likeness (QED) is 0.112. The fourth-order valence-corrected chi connectivity index (χ4v) is 6.29. The third kappa shape index (κ3) is 8.84. The zero-order valence-corrected chi connectivity index (χ0v) is 26.8. The third-order valence-corrected chi connectivity index (χ3v) is 8.73. The Bertz CT molecular complexity index is 1810. The Balaban J connectivity index is 1.38. The highest BCUT2D eigenvalue weighted by atomic mass is 35.5. The molecule has 1 aliphatic rings. The number of aromatic nitrogens is 1. The summed E-state index contributed by atoms with van der Waals surface area (Å²) in [4.78, 5) is 69.6. The Morgan fingerprint density at radius 3 is 2.47 bits per heavy atom. The molecule has 5 rings (SSSR count). The first kappa shape index (κ1) is 33.8. The lowest BCUT2D eigenvalue weighted by molar-refractivity contribution is -0.141. The van der Waals surface area contributed by atoms with Crippen molar-refractivity contribution in [2.75, 3.05) is 6.54 Å². The van der Waals surface area contributed by atoms with Gasteiger partial charge in [0, 0.05) is 47.3 Å². The van der Waals surface area contributed by atoms with Crippen molar-refractivity contribution in [3.8, 4) is 0 Å². The SMILES string of the molecule is O=C(NCc1ccccc1)C(=O)[C@H](C[C@@H]1CCCNC1=O)NC(=O)[C@@H](CC(=O)c1cc2c(Cl)cc(Cl)cc2[nH]1)Cc1cccc(F)c1. The molecule has 1 aromatic heterocycles. The van der Waals surface area contributed by atoms with Crippen LogP contribution in [0.15, 0.2) is 72.8 Å². The Kier molecular flexibility index (Phi) is 11.1. The van der Waals surface area contributed by atoms with Crippen molar-refractivity contribution in [1.82, 2.24) is 20.9 Å². The molecule has 4 aromatic rings. The number of hydrogen-bond donors (Lipinski definition) is 4. The van der Waals surface area contributed by atoms with E-state index in [2.05, 4.69) is 20.9 Å². The van der Waals surface area contributed by atoms with Gasteiger partial charge in [-0.25, -0.2) is 4.39 Å². The number of hydrogen-bond acceptors (Lipinski definition) is 5. The van der Waals surface area contributed by atoms with Crippen LogP contribution in [0.1, 0.15) is 47.3 Å². The smallest absolute Gasteiger partial charge is 0.289 e. The highest BCUT2D eigenvalue weighted by Crippen LogP contribution is 2.29. The average Bonchev–Trinajstić information content (AvgIpc) is 3.49. The summed E-state index contributed by atoms with van der Waals surface area (Å²) >= 11 is 12.4. The molecule has 9 nitrogen and oxygen atoms in total. The van der Waals surface area contributed by atoms with Crippen LogP contribution in [0.3, 0.4) is 0 Å². The molecule has 0 saturated carbocycles. The first-order valence-electron chi connectivity index (χ1n) is 15.3. The predicted molar refractivity (Wildman–Crippen MR) is 176 cm³/mol. The van der Waals surface area contributed by atoms with Crippen LogP contribution in [-0.2, 0) is 32.1 Å². The number of amides is 3. The molecule has 47 heavy (non-hydrogen) atoms. The first-order valence-corrected chi connectivity index (χ1v) is 16.0. The number of halogens is 3. The third-order valence-electron chi connectivity index (χ3n) is 8.20. The van der Waals surface area contributed by atoms with E-state index in [0.29, 0.717) is 45.9 Å². The Morgan fingerprint density at radius 2 is 1.72 bits per heavy atom. The second kappa shape index (κ2) is 15.4. The van der Waals surface area contributed by atoms with Crippen molar-refractivity contribution in [1.29, 1.82) is 0 Å². The summed E-state index contributed by atoms with van der Waals surface area (Å²) in [5.41, 5.74) is 1.96. The van der Waals surface area contributed by atoms with E-state index in [1.54, 1.807) is 48.5 Å². The molecule has 0 bridgehead atoms. The van der Waals surface area contributed by atoms with E-state index in [1.165, 1.54) is 18.2 Å². The normalized spacial score (nSPS) is 15.8. The largest absolute Gasteiger partial charge is 0.356 e. The molecular weight excluding hydrogens is 646 g/mol. The summed E-state index contributed by atoms with van der Waals surface area (Å²) in [6.07, 6.45) is 0.715. The number of ketones is 2. The van der Waals surface area contributed by atoms with E-state index in [4.69, 9.17) is 23.2 Å². The number of H-pyrrole nitrogens is 1. The molecule has 4 N–H and O–H groups in total. The van der Waals surface area contributed by atoms with Gasteiger partial charge in [0.15, 0.2) is 5.78 Å². The van der Waals surface area contributed by atoms with E-state index in [-0.39, 0.29) is 37.4 Å². The van der Waals surface area contributed by atoms with E-state index >= 15 is 0 Å². The molecule has 3 amide bonds. The standard InChI is InChI=1S/C35H33Cl2FN4O5/c36-24-16-27(37)26-18-29(41-28(26)17-24)31(43)15-23(12-21-8-4-10-25(38)13-21)34(46)42-30(14-22-9-5-11-39-33(22)45)32(44)35(47)40-19-20-6-2-1-3-7-20/h1-4,6-8,10,13,16-18,22-23,30,41H,5,9,11-12,14-15,19H2,(H,39,45)(H,40,47)(H,42,46)/t22-,23+,30-/m0/s1. The van der Waals surface area contributed by atoms with Gasteiger partial charge in [-0.05, 0) is 67.1 Å². The Labute approximate surface area is 280 Å². The number of benzene rings is 3. The number of fused-ring (bicyclic) bond motifs is 1. The van der Waals surface area contributed by atoms with Gasteiger partial charge in [0.05, 0.1) is 16.8 Å². The van der Waals surface area contributed by atoms with Crippen molar-refractivity contribution in [3.63, 3.8) is 0 Å². The Morgan fingerprint density at radius 1 is 0.957 bits per heavy atom. The lowest BCUT2D eigenvalue weighted by Gasteiger charge is -2.27. The summed E-state index contributed by atoms with van der Waals surface area (Å²) in [7, 11) is 0. The van der Waals surface area contributed by atoms with Crippen LogP contribution in [0, 0.1) is 17.7 Å². The summed E-state index contributed by atoms with van der Waals surface area (Å²) in [5, 5.41) is 9.32. The fourth-order valence-electron chi connectivity index (χ4n) is 5.74. The van der Waals surface area contributed by atoms with E-state index in [9.17, 15) is 28.4 Å². The second-order valence-corrected chi connectivity index (χ2v) is 12.5. The van der Waals surface area contributed by atoms with Gasteiger partial charge in [0.1, 0.15) is 5.82 Å². The van der Waals surface area contributed by atoms with Crippen LogP contribution in [0.4, 0.5) is 4.39 Å². The average molecular weight is 680 g/mol. The molecule has 12 heteroatoms. The fraction of sp³-hybridized carbons (Fsp3) is 0.286. The van der Waals surface area contributed by atoms with Gasteiger partial charge < -0.3 is 20.9 Å². The molecule has 1 aliphatic heterocycles. The molecule has 0 aliphatic carbocycles. The molecule has 1 saturated heterocycles. The van der Waals surface area contributed by atoms with Gasteiger partial charge in [0.2, 0.25) is 17.6 Å². The number of Topliss-reactive ketones (excluding diaryl/α,β-unsaturated/α-hetero) is 2. The number of nitrogens with one attached hydrogen (secondary N) is 4. The predicted octanol–water partition coefficient (Wildman–Crippen LogP) is 5.33. The maximum Gasteiger partial charge on any atom is 0.289 e. The van der Waals surface area contributed by atoms with Gasteiger partial charge in [-0.3, -0.25) is 24.0 Å². The zero-order chi connectivity index (χ0) is 33.5. The number of rotatable bonds is 13. The molecular formula is C35H33Cl2FN4O5. The van der Waals surface area contributed by atoms with Crippen molar-refractivity contribution >= 4 is 63.4 Å². The molecule has 1 fully saturated rings. The topological polar surface area (TPSA) is 137 Å². The van der Waals surface area contributed by atoms with Crippen LogP contribution < -0.4 is 16.0 Å². The first-order chi connectivity index (χ1) is 22.6. The molecule has 3 aromatic carbocycles. The maximum absolute atomic E-state index is 14.1. The summed E-state index contributed by atoms with van der Waals surface area (Å²) in [5.74, 6) is -5.39. The van der Waals surface area contributed by atoms with Gasteiger partial charge in [-0.15, -0.1) is 0 Å². The van der Waals surface area contributed by atoms with E-state index in [1.807, 2.05) is 6.07 Å². The minimum Gasteiger partial charge on any atom is -0.356 e. The van der Waals surface area contributed by atoms with Crippen LogP contribution in [0.5, 0.6) is 0 Å². The molecule has 3 atom stereocenters.